The molecule has 1 aromatic rings. The van der Waals surface area contributed by atoms with Gasteiger partial charge >= 0.3 is 5.97 Å². The molecule has 0 radical (unpaired) electrons. The van der Waals surface area contributed by atoms with Crippen LogP contribution in [0.15, 0.2) is 28.7 Å². The molecule has 0 spiro atoms. The third-order valence-electron chi connectivity index (χ3n) is 4.80. The Balaban J connectivity index is 2.21. The fourth-order valence-corrected chi connectivity index (χ4v) is 3.65. The van der Waals surface area contributed by atoms with Crippen LogP contribution in [-0.4, -0.2) is 28.6 Å². The van der Waals surface area contributed by atoms with Crippen molar-refractivity contribution in [1.82, 2.24) is 15.1 Å². The molecule has 0 saturated carbocycles. The van der Waals surface area contributed by atoms with E-state index >= 15 is 0 Å². The maximum absolute atomic E-state index is 12.7. The molecule has 1 aliphatic carbocycles. The Bertz CT molecular complexity index is 770. The summed E-state index contributed by atoms with van der Waals surface area (Å²) in [4.78, 5) is 25.1. The van der Waals surface area contributed by atoms with Crippen molar-refractivity contribution in [3.63, 3.8) is 0 Å². The number of hydrogen-bond donors (Lipinski definition) is 1. The Labute approximate surface area is 141 Å². The van der Waals surface area contributed by atoms with Crippen LogP contribution >= 0.6 is 0 Å². The molecule has 2 heterocycles. The van der Waals surface area contributed by atoms with Gasteiger partial charge in [0.2, 0.25) is 0 Å². The number of carbonyl (C=O) groups is 2. The standard InChI is InChI=1S/C18H23N3O3/c1-5-21-9-12(10(2)20-21)16-15(18(23)24-4)11(3)19-13-7-6-8-14(22)17(13)16/h9,16,19H,5-8H2,1-4H3/t16-/m0/s1. The molecule has 0 unspecified atom stereocenters. The molecule has 128 valence electrons. The summed E-state index contributed by atoms with van der Waals surface area (Å²) in [6.45, 7) is 6.53. The Kier molecular flexibility index (Phi) is 4.30. The van der Waals surface area contributed by atoms with Crippen LogP contribution in [0.3, 0.4) is 0 Å². The van der Waals surface area contributed by atoms with E-state index in [0.29, 0.717) is 17.6 Å². The van der Waals surface area contributed by atoms with Gasteiger partial charge in [-0.25, -0.2) is 4.79 Å². The van der Waals surface area contributed by atoms with E-state index in [-0.39, 0.29) is 5.78 Å². The molecule has 2 aliphatic rings. The molecule has 0 fully saturated rings. The Morgan fingerprint density at radius 2 is 2.17 bits per heavy atom. The Hall–Kier alpha value is -2.37. The average Bonchev–Trinajstić information content (AvgIpc) is 2.94. The van der Waals surface area contributed by atoms with Gasteiger partial charge in [-0.05, 0) is 33.6 Å². The second-order valence-electron chi connectivity index (χ2n) is 6.28. The zero-order chi connectivity index (χ0) is 17.4. The van der Waals surface area contributed by atoms with Crippen LogP contribution in [-0.2, 0) is 20.9 Å². The smallest absolute Gasteiger partial charge is 0.336 e. The highest BCUT2D eigenvalue weighted by Gasteiger charge is 2.40. The van der Waals surface area contributed by atoms with Gasteiger partial charge in [-0.3, -0.25) is 9.48 Å². The molecule has 6 heteroatoms. The van der Waals surface area contributed by atoms with Gasteiger partial charge in [0.15, 0.2) is 5.78 Å². The van der Waals surface area contributed by atoms with E-state index in [2.05, 4.69) is 10.4 Å². The number of aromatic nitrogens is 2. The van der Waals surface area contributed by atoms with Crippen molar-refractivity contribution in [2.24, 2.45) is 0 Å². The van der Waals surface area contributed by atoms with Crippen LogP contribution in [0, 0.1) is 6.92 Å². The third-order valence-corrected chi connectivity index (χ3v) is 4.80. The Morgan fingerprint density at radius 3 is 2.79 bits per heavy atom. The number of ketones is 1. The molecule has 1 N–H and O–H groups in total. The molecular formula is C18H23N3O3. The van der Waals surface area contributed by atoms with Crippen molar-refractivity contribution in [1.29, 1.82) is 0 Å². The molecule has 1 aliphatic heterocycles. The van der Waals surface area contributed by atoms with Crippen molar-refractivity contribution in [2.75, 3.05) is 7.11 Å². The van der Waals surface area contributed by atoms with Gasteiger partial charge in [0.25, 0.3) is 0 Å². The van der Waals surface area contributed by atoms with E-state index in [9.17, 15) is 9.59 Å². The molecule has 0 saturated heterocycles. The highest BCUT2D eigenvalue weighted by atomic mass is 16.5. The fraction of sp³-hybridized carbons (Fsp3) is 0.500. The van der Waals surface area contributed by atoms with E-state index < -0.39 is 11.9 Å². The van der Waals surface area contributed by atoms with Crippen molar-refractivity contribution in [3.05, 3.63) is 40.0 Å². The van der Waals surface area contributed by atoms with Crippen molar-refractivity contribution in [3.8, 4) is 0 Å². The van der Waals surface area contributed by atoms with Gasteiger partial charge in [-0.2, -0.15) is 5.10 Å². The fourth-order valence-electron chi connectivity index (χ4n) is 3.65. The molecule has 3 rings (SSSR count). The highest BCUT2D eigenvalue weighted by molar-refractivity contribution is 6.03. The first-order valence-corrected chi connectivity index (χ1v) is 8.34. The van der Waals surface area contributed by atoms with Gasteiger partial charge < -0.3 is 10.1 Å². The SMILES string of the molecule is CCn1cc([C@H]2C(C(=O)OC)=C(C)NC3=C2C(=O)CCC3)c(C)n1. The second-order valence-corrected chi connectivity index (χ2v) is 6.28. The molecule has 0 amide bonds. The number of ether oxygens (including phenoxy) is 1. The lowest BCUT2D eigenvalue weighted by Crippen LogP contribution is -2.34. The lowest BCUT2D eigenvalue weighted by molar-refractivity contribution is -0.136. The number of esters is 1. The summed E-state index contributed by atoms with van der Waals surface area (Å²) in [5, 5.41) is 7.76. The molecule has 24 heavy (non-hydrogen) atoms. The summed E-state index contributed by atoms with van der Waals surface area (Å²) in [6.07, 6.45) is 4.12. The molecule has 0 bridgehead atoms. The van der Waals surface area contributed by atoms with Crippen LogP contribution in [0.25, 0.3) is 0 Å². The molecule has 0 aromatic carbocycles. The maximum Gasteiger partial charge on any atom is 0.336 e. The number of nitrogens with one attached hydrogen (secondary N) is 1. The summed E-state index contributed by atoms with van der Waals surface area (Å²) < 4.78 is 6.84. The summed E-state index contributed by atoms with van der Waals surface area (Å²) in [7, 11) is 1.37. The van der Waals surface area contributed by atoms with E-state index in [1.54, 1.807) is 0 Å². The van der Waals surface area contributed by atoms with Crippen LogP contribution < -0.4 is 5.32 Å². The van der Waals surface area contributed by atoms with Gasteiger partial charge in [-0.15, -0.1) is 0 Å². The van der Waals surface area contributed by atoms with Crippen molar-refractivity contribution in [2.45, 2.75) is 52.5 Å². The topological polar surface area (TPSA) is 73.2 Å². The van der Waals surface area contributed by atoms with Crippen molar-refractivity contribution >= 4 is 11.8 Å². The summed E-state index contributed by atoms with van der Waals surface area (Å²) in [6, 6.07) is 0. The van der Waals surface area contributed by atoms with Crippen molar-refractivity contribution < 1.29 is 14.3 Å². The number of dihydropyridines is 1. The largest absolute Gasteiger partial charge is 0.466 e. The number of rotatable bonds is 3. The minimum atomic E-state index is -0.404. The number of allylic oxidation sites excluding steroid dienone is 3. The van der Waals surface area contributed by atoms with E-state index in [4.69, 9.17) is 4.74 Å². The van der Waals surface area contributed by atoms with E-state index in [1.807, 2.05) is 31.6 Å². The van der Waals surface area contributed by atoms with Gasteiger partial charge in [0.05, 0.1) is 24.3 Å². The first-order chi connectivity index (χ1) is 11.5. The predicted molar refractivity (Wildman–Crippen MR) is 89.1 cm³/mol. The maximum atomic E-state index is 12.7. The number of nitrogens with zero attached hydrogens (tertiary/aromatic N) is 2. The van der Waals surface area contributed by atoms with Crippen LogP contribution in [0.5, 0.6) is 0 Å². The summed E-state index contributed by atoms with van der Waals surface area (Å²) in [5.74, 6) is -0.702. The lowest BCUT2D eigenvalue weighted by Gasteiger charge is -2.33. The normalized spacial score (nSPS) is 20.8. The van der Waals surface area contributed by atoms with E-state index in [1.165, 1.54) is 7.11 Å². The van der Waals surface area contributed by atoms with Crippen LogP contribution in [0.4, 0.5) is 0 Å². The minimum absolute atomic E-state index is 0.103. The number of hydrogen-bond acceptors (Lipinski definition) is 5. The first-order valence-electron chi connectivity index (χ1n) is 8.34. The average molecular weight is 329 g/mol. The minimum Gasteiger partial charge on any atom is -0.466 e. The monoisotopic (exact) mass is 329 g/mol. The first kappa shape index (κ1) is 16.5. The summed E-state index contributed by atoms with van der Waals surface area (Å²) >= 11 is 0. The second kappa shape index (κ2) is 6.26. The van der Waals surface area contributed by atoms with Gasteiger partial charge in [0, 0.05) is 41.7 Å². The van der Waals surface area contributed by atoms with Gasteiger partial charge in [0.1, 0.15) is 0 Å². The van der Waals surface area contributed by atoms with Gasteiger partial charge in [-0.1, -0.05) is 0 Å². The zero-order valence-corrected chi connectivity index (χ0v) is 14.6. The zero-order valence-electron chi connectivity index (χ0n) is 14.6. The molecule has 1 atom stereocenters. The highest BCUT2D eigenvalue weighted by Crippen LogP contribution is 2.43. The Morgan fingerprint density at radius 1 is 1.42 bits per heavy atom. The molecular weight excluding hydrogens is 306 g/mol. The number of methoxy groups -OCH3 is 1. The van der Waals surface area contributed by atoms with Crippen LogP contribution in [0.2, 0.25) is 0 Å². The molecule has 6 nitrogen and oxygen atoms in total. The quantitative estimate of drug-likeness (QED) is 0.862. The molecule has 1 aromatic heterocycles. The van der Waals surface area contributed by atoms with E-state index in [0.717, 1.165) is 42.0 Å². The number of carbonyl (C=O) groups excluding carboxylic acids is 2. The number of aryl methyl sites for hydroxylation is 2. The number of Topliss-reactive ketones (excluding diaryl/α,β-unsaturated/α-hetero) is 1. The predicted octanol–water partition coefficient (Wildman–Crippen LogP) is 2.35. The third kappa shape index (κ3) is 2.56. The lowest BCUT2D eigenvalue weighted by atomic mass is 9.75. The van der Waals surface area contributed by atoms with Crippen LogP contribution in [0.1, 0.15) is 50.3 Å². The summed E-state index contributed by atoms with van der Waals surface area (Å²) in [5.41, 5.74) is 4.63.